The SMILES string of the molecule is Cc1c(C)c(S(=O)(=O)NC(=N)NCCC[C@H](NC(=O)[C@@H]2CCCN2C(=O)[C@@H](Cc2ccccc2)NC(=O)OCC2c3ccccc3-c3ccccc32)C(=O)N2CCC[C@H]2C(=O)NCC(=O)NCC(=O)NCC(=O)NCC(=O)N[C@@H](CC(=O)NC(c2ccccc2)(c2ccccc2)c2ccccc2)C(=O)O)c(C)c2c1OC(C)(C)C2. The van der Waals surface area contributed by atoms with Gasteiger partial charge in [0, 0.05) is 44.0 Å². The number of carboxylic acid groups (broad SMARTS) is 1. The molecule has 114 heavy (non-hydrogen) atoms. The van der Waals surface area contributed by atoms with Crippen molar-refractivity contribution in [1.29, 1.82) is 5.41 Å². The number of fused-ring (bicyclic) bond motifs is 4. The first kappa shape index (κ1) is 82.5. The van der Waals surface area contributed by atoms with Gasteiger partial charge in [-0.2, -0.15) is 0 Å². The monoisotopic (exact) mass is 1570 g/mol. The molecule has 0 bridgehead atoms. The van der Waals surface area contributed by atoms with Crippen LogP contribution in [0, 0.1) is 26.2 Å². The molecule has 598 valence electrons. The van der Waals surface area contributed by atoms with Gasteiger partial charge in [-0.15, -0.1) is 0 Å². The zero-order chi connectivity index (χ0) is 81.4. The first-order valence-electron chi connectivity index (χ1n) is 37.9. The number of rotatable bonds is 32. The van der Waals surface area contributed by atoms with Gasteiger partial charge in [0.15, 0.2) is 0 Å². The van der Waals surface area contributed by atoms with E-state index in [0.717, 1.165) is 27.8 Å². The van der Waals surface area contributed by atoms with Crippen LogP contribution < -0.4 is 57.3 Å². The zero-order valence-electron chi connectivity index (χ0n) is 64.0. The van der Waals surface area contributed by atoms with Crippen LogP contribution in [0.5, 0.6) is 5.75 Å². The van der Waals surface area contributed by atoms with Gasteiger partial charge in [0.05, 0.1) is 37.5 Å². The second-order valence-corrected chi connectivity index (χ2v) is 31.0. The maximum atomic E-state index is 15.0. The highest BCUT2D eigenvalue weighted by Gasteiger charge is 2.44. The van der Waals surface area contributed by atoms with Crippen LogP contribution in [0.1, 0.15) is 120 Å². The molecule has 3 heterocycles. The van der Waals surface area contributed by atoms with Crippen LogP contribution >= 0.6 is 0 Å². The number of benzene rings is 7. The molecule has 4 aliphatic rings. The van der Waals surface area contributed by atoms with Gasteiger partial charge in [-0.3, -0.25) is 48.6 Å². The Labute approximate surface area is 660 Å². The van der Waals surface area contributed by atoms with E-state index in [0.29, 0.717) is 64.0 Å². The fourth-order valence-electron chi connectivity index (χ4n) is 15.4. The molecule has 0 unspecified atom stereocenters. The largest absolute Gasteiger partial charge is 0.487 e. The maximum Gasteiger partial charge on any atom is 0.407 e. The van der Waals surface area contributed by atoms with E-state index in [4.69, 9.17) is 14.9 Å². The van der Waals surface area contributed by atoms with E-state index >= 15 is 4.79 Å². The van der Waals surface area contributed by atoms with Crippen molar-refractivity contribution >= 4 is 81.2 Å². The van der Waals surface area contributed by atoms with Gasteiger partial charge in [-0.05, 0) is 134 Å². The molecule has 3 aliphatic heterocycles. The fourth-order valence-corrected chi connectivity index (χ4v) is 17.0. The summed E-state index contributed by atoms with van der Waals surface area (Å²) < 4.78 is 42.6. The molecule has 10 amide bonds. The Balaban J connectivity index is 0.686. The number of nitrogens with one attached hydrogen (secondary N) is 11. The fraction of sp³-hybridized carbons (Fsp3) is 0.357. The van der Waals surface area contributed by atoms with Crippen molar-refractivity contribution in [3.05, 3.63) is 225 Å². The van der Waals surface area contributed by atoms with Crippen LogP contribution in [-0.4, -0.2) is 183 Å². The number of hydrogen-bond acceptors (Lipinski definition) is 16. The molecule has 7 aromatic carbocycles. The molecule has 30 heteroatoms. The van der Waals surface area contributed by atoms with E-state index in [-0.39, 0.29) is 69.2 Å². The summed E-state index contributed by atoms with van der Waals surface area (Å²) in [5.74, 6) is -8.70. The first-order valence-corrected chi connectivity index (χ1v) is 39.4. The highest BCUT2D eigenvalue weighted by Crippen LogP contribution is 2.46. The molecule has 2 saturated heterocycles. The van der Waals surface area contributed by atoms with Crippen LogP contribution in [0.25, 0.3) is 11.1 Å². The van der Waals surface area contributed by atoms with Crippen LogP contribution in [0.2, 0.25) is 0 Å². The van der Waals surface area contributed by atoms with Crippen molar-refractivity contribution in [2.24, 2.45) is 0 Å². The normalized spacial score (nSPS) is 16.0. The third-order valence-corrected chi connectivity index (χ3v) is 22.6. The molecular weight excluding hydrogens is 1480 g/mol. The van der Waals surface area contributed by atoms with Crippen molar-refractivity contribution in [1.82, 2.24) is 62.4 Å². The Hall–Kier alpha value is -12.5. The summed E-state index contributed by atoms with van der Waals surface area (Å²) in [4.78, 5) is 154. The molecule has 11 rings (SSSR count). The minimum atomic E-state index is -4.34. The second kappa shape index (κ2) is 36.8. The van der Waals surface area contributed by atoms with Gasteiger partial charge in [0.2, 0.25) is 59.1 Å². The number of carbonyl (C=O) groups is 11. The third kappa shape index (κ3) is 19.7. The third-order valence-electron chi connectivity index (χ3n) is 21.0. The average molecular weight is 1570 g/mol. The molecule has 0 saturated carbocycles. The molecule has 0 radical (unpaired) electrons. The number of alkyl carbamates (subject to hydrolysis) is 1. The van der Waals surface area contributed by atoms with E-state index in [1.54, 1.807) is 45.0 Å². The highest BCUT2D eigenvalue weighted by molar-refractivity contribution is 7.90. The van der Waals surface area contributed by atoms with E-state index in [1.165, 1.54) is 9.80 Å². The van der Waals surface area contributed by atoms with Crippen LogP contribution in [0.15, 0.2) is 175 Å². The van der Waals surface area contributed by atoms with Gasteiger partial charge in [0.25, 0.3) is 10.0 Å². The number of nitrogens with zero attached hydrogens (tertiary/aromatic N) is 2. The number of hydrogen-bond donors (Lipinski definition) is 12. The Morgan fingerprint density at radius 1 is 0.561 bits per heavy atom. The van der Waals surface area contributed by atoms with E-state index in [1.807, 2.05) is 159 Å². The summed E-state index contributed by atoms with van der Waals surface area (Å²) in [7, 11) is -4.34. The zero-order valence-corrected chi connectivity index (χ0v) is 64.8. The lowest BCUT2D eigenvalue weighted by Crippen LogP contribution is -2.58. The summed E-state index contributed by atoms with van der Waals surface area (Å²) >= 11 is 0. The van der Waals surface area contributed by atoms with Crippen molar-refractivity contribution < 1.29 is 75.7 Å². The van der Waals surface area contributed by atoms with Gasteiger partial charge in [-0.1, -0.05) is 170 Å². The lowest BCUT2D eigenvalue weighted by atomic mass is 9.77. The molecule has 0 aromatic heterocycles. The van der Waals surface area contributed by atoms with Crippen LogP contribution in [0.3, 0.4) is 0 Å². The van der Waals surface area contributed by atoms with Gasteiger partial charge in [0.1, 0.15) is 53.7 Å². The number of carbonyl (C=O) groups excluding carboxylic acids is 10. The maximum absolute atomic E-state index is 15.0. The number of amides is 10. The van der Waals surface area contributed by atoms with E-state index in [9.17, 15) is 61.5 Å². The van der Waals surface area contributed by atoms with Gasteiger partial charge in [-0.25, -0.2) is 22.7 Å². The van der Waals surface area contributed by atoms with Crippen LogP contribution in [0.4, 0.5) is 4.79 Å². The Morgan fingerprint density at radius 2 is 1.04 bits per heavy atom. The predicted octanol–water partition coefficient (Wildman–Crippen LogP) is 5.06. The predicted molar refractivity (Wildman–Crippen MR) is 421 cm³/mol. The molecule has 2 fully saturated rings. The number of aliphatic carboxylic acids is 1. The lowest BCUT2D eigenvalue weighted by molar-refractivity contribution is -0.144. The molecular formula is C84H95N13O16S. The number of sulfonamides is 1. The molecule has 5 atom stereocenters. The van der Waals surface area contributed by atoms with Crippen molar-refractivity contribution in [2.75, 3.05) is 52.4 Å². The Morgan fingerprint density at radius 3 is 1.58 bits per heavy atom. The quantitative estimate of drug-likeness (QED) is 0.0113. The van der Waals surface area contributed by atoms with Crippen molar-refractivity contribution in [2.45, 2.75) is 145 Å². The number of guanidine groups is 1. The molecule has 0 spiro atoms. The number of carboxylic acids is 1. The van der Waals surface area contributed by atoms with E-state index in [2.05, 4.69) is 52.6 Å². The standard InChI is InChI=1S/C84H95N13O16S/c1-51-52(2)75(53(3)62-45-83(4,5)113-74(51)62)114(110,111)95-81(85)86-40-22-37-64(92-77(104)68-39-24-42-97(68)79(106)65(43-54-25-10-6-11-26-54)93-82(109)112-50-63-60-35-20-18-33-58(60)59-34-19-21-36-61(59)63)78(105)96-41-23-38-67(96)76(103)90-48-72(101)88-46-70(99)87-47-71(100)89-49-73(102)91-66(80(107)108)44-69(98)94-84(55-27-12-7-13-28-55,56-29-14-8-15-30-56)57-31-16-9-17-32-57/h6-21,25-36,63-68H,22-24,37-50H2,1-5H3,(H,87,99)(H,88,101)(H,89,100)(H,90,103)(H,91,102)(H,92,104)(H,93,109)(H,94,98)(H,107,108)(H3,85,86,95)/t64-,65+,66-,67-,68-/m0/s1. The minimum absolute atomic E-state index is 0.0169. The van der Waals surface area contributed by atoms with Crippen molar-refractivity contribution in [3.8, 4) is 16.9 Å². The topological polar surface area (TPSA) is 411 Å². The lowest BCUT2D eigenvalue weighted by Gasteiger charge is -2.37. The van der Waals surface area contributed by atoms with E-state index < -0.39 is 155 Å². The Bertz CT molecular complexity index is 4760. The number of likely N-dealkylation sites (tertiary alicyclic amines) is 2. The summed E-state index contributed by atoms with van der Waals surface area (Å²) in [6, 6.07) is 45.4. The smallest absolute Gasteiger partial charge is 0.407 e. The summed E-state index contributed by atoms with van der Waals surface area (Å²) in [5, 5.41) is 42.0. The first-order chi connectivity index (χ1) is 54.6. The van der Waals surface area contributed by atoms with Gasteiger partial charge >= 0.3 is 12.1 Å². The minimum Gasteiger partial charge on any atom is -0.487 e. The average Bonchev–Trinajstić information content (AvgIpc) is 0.884. The molecule has 7 aromatic rings. The second-order valence-electron chi connectivity index (χ2n) is 29.4. The van der Waals surface area contributed by atoms with Gasteiger partial charge < -0.3 is 72.2 Å². The summed E-state index contributed by atoms with van der Waals surface area (Å²) in [5.41, 5.74) is 7.32. The molecule has 12 N–H and O–H groups in total. The molecule has 29 nitrogen and oxygen atoms in total. The van der Waals surface area contributed by atoms with Crippen molar-refractivity contribution in [3.63, 3.8) is 0 Å². The van der Waals surface area contributed by atoms with Crippen LogP contribution in [-0.2, 0) is 81.1 Å². The number of ether oxygens (including phenoxy) is 2. The highest BCUT2D eigenvalue weighted by atomic mass is 32.2. The summed E-state index contributed by atoms with van der Waals surface area (Å²) in [6.07, 6.45) is -0.103. The summed E-state index contributed by atoms with van der Waals surface area (Å²) in [6.45, 7) is 6.27. The molecule has 1 aliphatic carbocycles. The Kier molecular flexibility index (Phi) is 26.6.